The van der Waals surface area contributed by atoms with Gasteiger partial charge in [0.1, 0.15) is 5.82 Å². The molecule has 4 N–H and O–H groups in total. The van der Waals surface area contributed by atoms with Crippen molar-refractivity contribution < 1.29 is 9.59 Å². The minimum Gasteiger partial charge on any atom is -0.397 e. The second-order valence-corrected chi connectivity index (χ2v) is 10.0. The molecule has 1 aromatic heterocycles. The van der Waals surface area contributed by atoms with Crippen LogP contribution in [0.5, 0.6) is 0 Å². The number of pyridine rings is 1. The largest absolute Gasteiger partial charge is 0.397 e. The Morgan fingerprint density at radius 3 is 2.34 bits per heavy atom. The monoisotopic (exact) mass is 514 g/mol. The summed E-state index contributed by atoms with van der Waals surface area (Å²) in [7, 11) is 1.93. The Morgan fingerprint density at radius 2 is 1.74 bits per heavy atom. The molecule has 0 atom stereocenters. The summed E-state index contributed by atoms with van der Waals surface area (Å²) >= 11 is 0. The van der Waals surface area contributed by atoms with Gasteiger partial charge in [0, 0.05) is 32.4 Å². The Morgan fingerprint density at radius 1 is 1.03 bits per heavy atom. The molecule has 3 heterocycles. The van der Waals surface area contributed by atoms with E-state index < -0.39 is 0 Å². The number of carbonyl (C=O) groups is 2. The van der Waals surface area contributed by atoms with Gasteiger partial charge < -0.3 is 26.2 Å². The standard InChI is InChI=1S/C27H29N5O2.C3H9N/c28-23-8-6-21(20-4-2-1-3-5-20)16-24(23)30-26(34)22-7-9-25(29-17-22)32-14-11-27(12-15-32)10-13-31(18-27)19-33;1-3-4-2/h1-9,16-17,19H,10-15,18,28H2,(H,30,34);4H,3H2,1-2H3. The summed E-state index contributed by atoms with van der Waals surface area (Å²) in [6.07, 6.45) is 5.78. The van der Waals surface area contributed by atoms with Crippen LogP contribution in [0, 0.1) is 5.41 Å². The van der Waals surface area contributed by atoms with Crippen molar-refractivity contribution in [2.45, 2.75) is 26.2 Å². The van der Waals surface area contributed by atoms with E-state index in [9.17, 15) is 9.59 Å². The summed E-state index contributed by atoms with van der Waals surface area (Å²) in [6, 6.07) is 19.3. The SMILES string of the molecule is CCNC.Nc1ccc(-c2ccccc2)cc1NC(=O)c1ccc(N2CCC3(CCN(C=O)C3)CC2)nc1. The third-order valence-corrected chi connectivity index (χ3v) is 7.54. The van der Waals surface area contributed by atoms with E-state index in [0.29, 0.717) is 16.9 Å². The van der Waals surface area contributed by atoms with Crippen LogP contribution in [0.2, 0.25) is 0 Å². The molecule has 0 aliphatic carbocycles. The number of nitrogens with two attached hydrogens (primary N) is 1. The van der Waals surface area contributed by atoms with Crippen LogP contribution >= 0.6 is 0 Å². The lowest BCUT2D eigenvalue weighted by atomic mass is 9.78. The van der Waals surface area contributed by atoms with Crippen LogP contribution in [0.25, 0.3) is 11.1 Å². The van der Waals surface area contributed by atoms with Gasteiger partial charge in [-0.2, -0.15) is 0 Å². The maximum Gasteiger partial charge on any atom is 0.257 e. The summed E-state index contributed by atoms with van der Waals surface area (Å²) in [5, 5.41) is 5.86. The van der Waals surface area contributed by atoms with Crippen molar-refractivity contribution >= 4 is 29.5 Å². The number of rotatable bonds is 6. The maximum atomic E-state index is 12.9. The number of likely N-dealkylation sites (tertiary alicyclic amines) is 1. The molecular weight excluding hydrogens is 476 g/mol. The number of hydrogen-bond donors (Lipinski definition) is 3. The molecule has 0 radical (unpaired) electrons. The van der Waals surface area contributed by atoms with Crippen molar-refractivity contribution in [1.82, 2.24) is 15.2 Å². The molecule has 200 valence electrons. The van der Waals surface area contributed by atoms with Gasteiger partial charge in [0.25, 0.3) is 5.91 Å². The average Bonchev–Trinajstić information content (AvgIpc) is 3.37. The normalized spacial score (nSPS) is 16.1. The minimum absolute atomic E-state index is 0.242. The first-order chi connectivity index (χ1) is 18.5. The van der Waals surface area contributed by atoms with Crippen molar-refractivity contribution in [2.75, 3.05) is 55.7 Å². The number of amides is 2. The molecule has 38 heavy (non-hydrogen) atoms. The van der Waals surface area contributed by atoms with Crippen LogP contribution in [0.15, 0.2) is 66.9 Å². The van der Waals surface area contributed by atoms with Crippen LogP contribution in [-0.2, 0) is 4.79 Å². The third kappa shape index (κ3) is 6.50. The fourth-order valence-corrected chi connectivity index (χ4v) is 5.05. The zero-order valence-corrected chi connectivity index (χ0v) is 22.3. The number of anilines is 3. The van der Waals surface area contributed by atoms with Gasteiger partial charge in [-0.1, -0.05) is 43.3 Å². The van der Waals surface area contributed by atoms with Crippen LogP contribution < -0.4 is 21.3 Å². The van der Waals surface area contributed by atoms with E-state index >= 15 is 0 Å². The number of aromatic nitrogens is 1. The number of hydrogen-bond acceptors (Lipinski definition) is 6. The van der Waals surface area contributed by atoms with Crippen molar-refractivity contribution in [3.05, 3.63) is 72.4 Å². The Bertz CT molecular complexity index is 1210. The molecule has 1 spiro atoms. The van der Waals surface area contributed by atoms with E-state index in [0.717, 1.165) is 75.3 Å². The predicted molar refractivity (Wildman–Crippen MR) is 154 cm³/mol. The van der Waals surface area contributed by atoms with E-state index in [1.165, 1.54) is 0 Å². The van der Waals surface area contributed by atoms with E-state index in [1.807, 2.05) is 66.5 Å². The van der Waals surface area contributed by atoms with Gasteiger partial charge in [0.2, 0.25) is 6.41 Å². The van der Waals surface area contributed by atoms with Gasteiger partial charge in [0.15, 0.2) is 0 Å². The molecule has 8 heteroatoms. The molecule has 2 saturated heterocycles. The van der Waals surface area contributed by atoms with Gasteiger partial charge in [-0.05, 0) is 73.7 Å². The first-order valence-electron chi connectivity index (χ1n) is 13.3. The van der Waals surface area contributed by atoms with E-state index in [2.05, 4.69) is 27.4 Å². The quantitative estimate of drug-likeness (QED) is 0.336. The second-order valence-electron chi connectivity index (χ2n) is 10.0. The minimum atomic E-state index is -0.242. The van der Waals surface area contributed by atoms with E-state index in [1.54, 1.807) is 12.3 Å². The summed E-state index contributed by atoms with van der Waals surface area (Å²) in [5.41, 5.74) is 10.0. The van der Waals surface area contributed by atoms with Crippen molar-refractivity contribution in [2.24, 2.45) is 5.41 Å². The van der Waals surface area contributed by atoms with Crippen LogP contribution in [0.1, 0.15) is 36.5 Å². The second kappa shape index (κ2) is 12.6. The van der Waals surface area contributed by atoms with E-state index in [-0.39, 0.29) is 11.3 Å². The summed E-state index contributed by atoms with van der Waals surface area (Å²) < 4.78 is 0. The van der Waals surface area contributed by atoms with Crippen molar-refractivity contribution in [1.29, 1.82) is 0 Å². The Balaban J connectivity index is 0.000000786. The topological polar surface area (TPSA) is 104 Å². The summed E-state index contributed by atoms with van der Waals surface area (Å²) in [6.45, 7) is 6.69. The molecule has 2 fully saturated rings. The van der Waals surface area contributed by atoms with Crippen molar-refractivity contribution in [3.8, 4) is 11.1 Å². The molecule has 0 unspecified atom stereocenters. The first-order valence-corrected chi connectivity index (χ1v) is 13.3. The lowest BCUT2D eigenvalue weighted by molar-refractivity contribution is -0.117. The van der Waals surface area contributed by atoms with Crippen LogP contribution in [0.4, 0.5) is 17.2 Å². The predicted octanol–water partition coefficient (Wildman–Crippen LogP) is 4.26. The molecule has 2 amide bonds. The number of nitrogen functional groups attached to an aromatic ring is 1. The molecule has 3 aromatic rings. The molecule has 5 rings (SSSR count). The number of benzene rings is 2. The molecule has 8 nitrogen and oxygen atoms in total. The molecule has 2 aliphatic rings. The molecule has 0 bridgehead atoms. The lowest BCUT2D eigenvalue weighted by Crippen LogP contribution is -2.41. The average molecular weight is 515 g/mol. The molecule has 0 saturated carbocycles. The Kier molecular flexibility index (Phi) is 8.97. The Labute approximate surface area is 225 Å². The molecular formula is C30H38N6O2. The maximum absolute atomic E-state index is 12.9. The summed E-state index contributed by atoms with van der Waals surface area (Å²) in [4.78, 5) is 32.7. The molecule has 2 aromatic carbocycles. The highest BCUT2D eigenvalue weighted by molar-refractivity contribution is 6.06. The zero-order valence-electron chi connectivity index (χ0n) is 22.3. The van der Waals surface area contributed by atoms with Gasteiger partial charge in [0.05, 0.1) is 16.9 Å². The Hall–Kier alpha value is -3.91. The fraction of sp³-hybridized carbons (Fsp3) is 0.367. The number of piperidine rings is 1. The molecule has 2 aliphatic heterocycles. The van der Waals surface area contributed by atoms with Gasteiger partial charge in [-0.3, -0.25) is 9.59 Å². The highest BCUT2D eigenvalue weighted by Crippen LogP contribution is 2.40. The highest BCUT2D eigenvalue weighted by Gasteiger charge is 2.40. The lowest BCUT2D eigenvalue weighted by Gasteiger charge is -2.39. The van der Waals surface area contributed by atoms with Crippen LogP contribution in [-0.4, -0.2) is 62.0 Å². The third-order valence-electron chi connectivity index (χ3n) is 7.54. The van der Waals surface area contributed by atoms with Gasteiger partial charge in [-0.25, -0.2) is 4.98 Å². The fourth-order valence-electron chi connectivity index (χ4n) is 5.05. The number of nitrogens with one attached hydrogen (secondary N) is 2. The zero-order chi connectivity index (χ0) is 27.0. The first kappa shape index (κ1) is 27.1. The number of nitrogens with zero attached hydrogens (tertiary/aromatic N) is 3. The van der Waals surface area contributed by atoms with Crippen LogP contribution in [0.3, 0.4) is 0 Å². The van der Waals surface area contributed by atoms with E-state index in [4.69, 9.17) is 5.73 Å². The number of carbonyl (C=O) groups excluding carboxylic acids is 2. The van der Waals surface area contributed by atoms with Crippen molar-refractivity contribution in [3.63, 3.8) is 0 Å². The van der Waals surface area contributed by atoms with Gasteiger partial charge in [-0.15, -0.1) is 0 Å². The smallest absolute Gasteiger partial charge is 0.257 e. The van der Waals surface area contributed by atoms with Gasteiger partial charge >= 0.3 is 0 Å². The highest BCUT2D eigenvalue weighted by atomic mass is 16.1. The summed E-state index contributed by atoms with van der Waals surface area (Å²) in [5.74, 6) is 0.635.